The molecule has 134 valence electrons. The highest BCUT2D eigenvalue weighted by atomic mass is 19.1. The molecular formula is C20H16FN5O. The number of carbonyl (C=O) groups is 1. The van der Waals surface area contributed by atoms with Crippen LogP contribution in [0, 0.1) is 12.7 Å². The molecule has 2 aromatic carbocycles. The van der Waals surface area contributed by atoms with Crippen molar-refractivity contribution in [3.63, 3.8) is 0 Å². The van der Waals surface area contributed by atoms with E-state index in [1.807, 2.05) is 25.1 Å². The quantitative estimate of drug-likeness (QED) is 0.565. The first-order valence-corrected chi connectivity index (χ1v) is 8.34. The molecule has 0 saturated heterocycles. The maximum Gasteiger partial charge on any atom is 0.324 e. The molecule has 0 aliphatic heterocycles. The Balaban J connectivity index is 1.69. The normalized spacial score (nSPS) is 10.7. The molecule has 0 saturated carbocycles. The highest BCUT2D eigenvalue weighted by molar-refractivity contribution is 6.01. The first kappa shape index (κ1) is 16.7. The van der Waals surface area contributed by atoms with Gasteiger partial charge < -0.3 is 5.32 Å². The number of fused-ring (bicyclic) bond motifs is 1. The summed E-state index contributed by atoms with van der Waals surface area (Å²) < 4.78 is 15.1. The van der Waals surface area contributed by atoms with Crippen LogP contribution >= 0.6 is 0 Å². The van der Waals surface area contributed by atoms with Crippen LogP contribution in [0.2, 0.25) is 0 Å². The summed E-state index contributed by atoms with van der Waals surface area (Å²) in [6, 6.07) is 14.8. The van der Waals surface area contributed by atoms with Gasteiger partial charge in [0.05, 0.1) is 5.69 Å². The zero-order valence-electron chi connectivity index (χ0n) is 14.5. The Bertz CT molecular complexity index is 1120. The van der Waals surface area contributed by atoms with Gasteiger partial charge >= 0.3 is 6.03 Å². The van der Waals surface area contributed by atoms with Crippen molar-refractivity contribution in [1.29, 1.82) is 0 Å². The SMILES string of the molecule is Cc1cccc(NC(=O)Nc2nc3ncccn3c2-c2ccc(F)cc2)c1. The van der Waals surface area contributed by atoms with E-state index in [0.717, 1.165) is 5.56 Å². The first-order chi connectivity index (χ1) is 13.1. The Morgan fingerprint density at radius 2 is 1.89 bits per heavy atom. The molecule has 0 atom stereocenters. The Morgan fingerprint density at radius 1 is 1.07 bits per heavy atom. The van der Waals surface area contributed by atoms with Crippen molar-refractivity contribution < 1.29 is 9.18 Å². The maximum atomic E-state index is 13.3. The summed E-state index contributed by atoms with van der Waals surface area (Å²) >= 11 is 0. The molecule has 0 fully saturated rings. The Hall–Kier alpha value is -3.74. The number of urea groups is 1. The van der Waals surface area contributed by atoms with Gasteiger partial charge in [0.2, 0.25) is 5.78 Å². The predicted octanol–water partition coefficient (Wildman–Crippen LogP) is 4.49. The fourth-order valence-corrected chi connectivity index (χ4v) is 2.85. The minimum atomic E-state index is -0.424. The van der Waals surface area contributed by atoms with Crippen LogP contribution in [0.15, 0.2) is 67.0 Å². The summed E-state index contributed by atoms with van der Waals surface area (Å²) in [5, 5.41) is 5.55. The molecule has 0 aliphatic carbocycles. The molecule has 6 nitrogen and oxygen atoms in total. The molecule has 0 aliphatic rings. The van der Waals surface area contributed by atoms with E-state index in [2.05, 4.69) is 20.6 Å². The molecule has 7 heteroatoms. The number of aromatic nitrogens is 3. The second-order valence-corrected chi connectivity index (χ2v) is 6.05. The van der Waals surface area contributed by atoms with Gasteiger partial charge in [0.15, 0.2) is 5.82 Å². The fourth-order valence-electron chi connectivity index (χ4n) is 2.85. The van der Waals surface area contributed by atoms with Gasteiger partial charge in [0.1, 0.15) is 5.82 Å². The lowest BCUT2D eigenvalue weighted by Gasteiger charge is -2.09. The second kappa shape index (κ2) is 6.87. The lowest BCUT2D eigenvalue weighted by molar-refractivity contribution is 0.262. The molecule has 2 amide bonds. The van der Waals surface area contributed by atoms with Gasteiger partial charge in [-0.05, 0) is 55.0 Å². The molecule has 2 heterocycles. The number of benzene rings is 2. The van der Waals surface area contributed by atoms with Crippen LogP contribution in [0.4, 0.5) is 20.7 Å². The molecule has 0 bridgehead atoms. The largest absolute Gasteiger partial charge is 0.324 e. The molecule has 4 aromatic rings. The van der Waals surface area contributed by atoms with Crippen molar-refractivity contribution in [3.05, 3.63) is 78.4 Å². The number of halogens is 1. The van der Waals surface area contributed by atoms with E-state index in [9.17, 15) is 9.18 Å². The van der Waals surface area contributed by atoms with Crippen LogP contribution in [0.3, 0.4) is 0 Å². The van der Waals surface area contributed by atoms with E-state index in [0.29, 0.717) is 28.5 Å². The van der Waals surface area contributed by atoms with Crippen molar-refractivity contribution in [1.82, 2.24) is 14.4 Å². The number of hydrogen-bond acceptors (Lipinski definition) is 3. The molecule has 0 unspecified atom stereocenters. The van der Waals surface area contributed by atoms with E-state index < -0.39 is 6.03 Å². The van der Waals surface area contributed by atoms with E-state index in [1.54, 1.807) is 41.1 Å². The summed E-state index contributed by atoms with van der Waals surface area (Å²) in [5.41, 5.74) is 3.05. The van der Waals surface area contributed by atoms with Crippen LogP contribution in [0.5, 0.6) is 0 Å². The molecule has 0 spiro atoms. The third-order valence-electron chi connectivity index (χ3n) is 4.03. The predicted molar refractivity (Wildman–Crippen MR) is 102 cm³/mol. The van der Waals surface area contributed by atoms with E-state index >= 15 is 0 Å². The van der Waals surface area contributed by atoms with E-state index in [1.165, 1.54) is 12.1 Å². The van der Waals surface area contributed by atoms with Crippen molar-refractivity contribution in [2.24, 2.45) is 0 Å². The van der Waals surface area contributed by atoms with Crippen molar-refractivity contribution in [2.45, 2.75) is 6.92 Å². The average molecular weight is 361 g/mol. The Morgan fingerprint density at radius 3 is 2.67 bits per heavy atom. The second-order valence-electron chi connectivity index (χ2n) is 6.05. The molecule has 0 radical (unpaired) electrons. The summed E-state index contributed by atoms with van der Waals surface area (Å²) in [6.07, 6.45) is 3.41. The number of nitrogens with one attached hydrogen (secondary N) is 2. The zero-order valence-corrected chi connectivity index (χ0v) is 14.5. The number of hydrogen-bond donors (Lipinski definition) is 2. The Labute approximate surface area is 154 Å². The summed E-state index contributed by atoms with van der Waals surface area (Å²) in [7, 11) is 0. The van der Waals surface area contributed by atoms with Gasteiger partial charge in [-0.2, -0.15) is 4.98 Å². The fraction of sp³-hybridized carbons (Fsp3) is 0.0500. The van der Waals surface area contributed by atoms with Crippen LogP contribution in [0.25, 0.3) is 17.0 Å². The number of carbonyl (C=O) groups excluding carboxylic acids is 1. The highest BCUT2D eigenvalue weighted by Crippen LogP contribution is 2.28. The molecule has 4 rings (SSSR count). The van der Waals surface area contributed by atoms with Crippen LogP contribution in [-0.2, 0) is 0 Å². The molecule has 2 N–H and O–H groups in total. The third kappa shape index (κ3) is 3.48. The third-order valence-corrected chi connectivity index (χ3v) is 4.03. The number of amides is 2. The number of imidazole rings is 1. The van der Waals surface area contributed by atoms with Crippen LogP contribution < -0.4 is 10.6 Å². The lowest BCUT2D eigenvalue weighted by atomic mass is 10.1. The van der Waals surface area contributed by atoms with Gasteiger partial charge in [-0.3, -0.25) is 9.72 Å². The van der Waals surface area contributed by atoms with Gasteiger partial charge in [0, 0.05) is 23.6 Å². The smallest absolute Gasteiger partial charge is 0.308 e. The van der Waals surface area contributed by atoms with Crippen molar-refractivity contribution >= 4 is 23.3 Å². The van der Waals surface area contributed by atoms with Gasteiger partial charge in [0.25, 0.3) is 0 Å². The molecular weight excluding hydrogens is 345 g/mol. The van der Waals surface area contributed by atoms with Gasteiger partial charge in [-0.1, -0.05) is 12.1 Å². The standard InChI is InChI=1S/C20H16FN5O/c1-13-4-2-5-16(12-13)23-20(27)25-18-17(14-6-8-15(21)9-7-14)26-11-3-10-22-19(26)24-18/h2-12H,1H3,(H2,23,25,27). The van der Waals surface area contributed by atoms with Crippen LogP contribution in [-0.4, -0.2) is 20.4 Å². The summed E-state index contributed by atoms with van der Waals surface area (Å²) in [5.74, 6) is 0.436. The number of nitrogens with zero attached hydrogens (tertiary/aromatic N) is 3. The maximum absolute atomic E-state index is 13.3. The number of aryl methyl sites for hydroxylation is 1. The topological polar surface area (TPSA) is 71.3 Å². The zero-order chi connectivity index (χ0) is 18.8. The number of rotatable bonds is 3. The monoisotopic (exact) mass is 361 g/mol. The Kier molecular flexibility index (Phi) is 4.25. The lowest BCUT2D eigenvalue weighted by Crippen LogP contribution is -2.20. The first-order valence-electron chi connectivity index (χ1n) is 8.34. The summed E-state index contributed by atoms with van der Waals surface area (Å²) in [6.45, 7) is 1.95. The van der Waals surface area contributed by atoms with E-state index in [4.69, 9.17) is 0 Å². The van der Waals surface area contributed by atoms with Gasteiger partial charge in [-0.25, -0.2) is 14.2 Å². The van der Waals surface area contributed by atoms with Gasteiger partial charge in [-0.15, -0.1) is 0 Å². The molecule has 27 heavy (non-hydrogen) atoms. The highest BCUT2D eigenvalue weighted by Gasteiger charge is 2.17. The number of anilines is 2. The van der Waals surface area contributed by atoms with Crippen LogP contribution in [0.1, 0.15) is 5.56 Å². The minimum Gasteiger partial charge on any atom is -0.308 e. The van der Waals surface area contributed by atoms with Crippen molar-refractivity contribution in [3.8, 4) is 11.3 Å². The molecule has 2 aromatic heterocycles. The van der Waals surface area contributed by atoms with E-state index in [-0.39, 0.29) is 5.82 Å². The van der Waals surface area contributed by atoms with Crippen molar-refractivity contribution in [2.75, 3.05) is 10.6 Å². The summed E-state index contributed by atoms with van der Waals surface area (Å²) in [4.78, 5) is 21.1. The average Bonchev–Trinajstić information content (AvgIpc) is 3.00. The minimum absolute atomic E-state index is 0.336.